The Bertz CT molecular complexity index is 768. The van der Waals surface area contributed by atoms with Gasteiger partial charge < -0.3 is 4.52 Å². The van der Waals surface area contributed by atoms with Crippen LogP contribution in [0.5, 0.6) is 0 Å². The second-order valence-corrected chi connectivity index (χ2v) is 5.23. The molecule has 98 valence electrons. The van der Waals surface area contributed by atoms with E-state index in [1.54, 1.807) is 0 Å². The standard InChI is InChI=1S/C15H11N3OS/c1-10-14(12-9-20-13(17-12)7-8-16)15(18-19-10)11-5-3-2-4-6-11/h2-6,9H,7H2,1H3. The van der Waals surface area contributed by atoms with Crippen LogP contribution in [0.1, 0.15) is 10.8 Å². The first-order chi connectivity index (χ1) is 9.79. The average molecular weight is 281 g/mol. The highest BCUT2D eigenvalue weighted by Crippen LogP contribution is 2.34. The molecule has 5 heteroatoms. The van der Waals surface area contributed by atoms with Crippen LogP contribution in [-0.4, -0.2) is 10.1 Å². The van der Waals surface area contributed by atoms with E-state index < -0.39 is 0 Å². The summed E-state index contributed by atoms with van der Waals surface area (Å²) < 4.78 is 5.32. The van der Waals surface area contributed by atoms with Gasteiger partial charge >= 0.3 is 0 Å². The van der Waals surface area contributed by atoms with E-state index in [9.17, 15) is 0 Å². The molecule has 2 heterocycles. The van der Waals surface area contributed by atoms with Crippen molar-refractivity contribution >= 4 is 11.3 Å². The van der Waals surface area contributed by atoms with E-state index in [0.29, 0.717) is 6.42 Å². The fourth-order valence-electron chi connectivity index (χ4n) is 2.04. The molecule has 0 saturated carbocycles. The number of aryl methyl sites for hydroxylation is 1. The predicted octanol–water partition coefficient (Wildman–Crippen LogP) is 3.84. The lowest BCUT2D eigenvalue weighted by molar-refractivity contribution is 0.400. The summed E-state index contributed by atoms with van der Waals surface area (Å²) in [5.41, 5.74) is 3.50. The fraction of sp³-hybridized carbons (Fsp3) is 0.133. The third-order valence-electron chi connectivity index (χ3n) is 2.95. The molecule has 0 bridgehead atoms. The van der Waals surface area contributed by atoms with Crippen LogP contribution in [0.4, 0.5) is 0 Å². The molecule has 0 aliphatic rings. The Morgan fingerprint density at radius 3 is 2.85 bits per heavy atom. The summed E-state index contributed by atoms with van der Waals surface area (Å²) in [5, 5.41) is 15.6. The average Bonchev–Trinajstić information content (AvgIpc) is 3.07. The van der Waals surface area contributed by atoms with E-state index >= 15 is 0 Å². The summed E-state index contributed by atoms with van der Waals surface area (Å²) in [4.78, 5) is 4.49. The molecule has 0 N–H and O–H groups in total. The maximum atomic E-state index is 8.73. The maximum Gasteiger partial charge on any atom is 0.143 e. The molecule has 0 unspecified atom stereocenters. The monoisotopic (exact) mass is 281 g/mol. The topological polar surface area (TPSA) is 62.7 Å². The van der Waals surface area contributed by atoms with Gasteiger partial charge in [-0.25, -0.2) is 4.98 Å². The van der Waals surface area contributed by atoms with Gasteiger partial charge in [0.15, 0.2) is 0 Å². The lowest BCUT2D eigenvalue weighted by atomic mass is 10.0. The second kappa shape index (κ2) is 5.27. The predicted molar refractivity (Wildman–Crippen MR) is 77.1 cm³/mol. The van der Waals surface area contributed by atoms with Crippen molar-refractivity contribution in [3.63, 3.8) is 0 Å². The van der Waals surface area contributed by atoms with Crippen LogP contribution in [0.3, 0.4) is 0 Å². The van der Waals surface area contributed by atoms with Crippen molar-refractivity contribution in [3.05, 3.63) is 46.5 Å². The lowest BCUT2D eigenvalue weighted by Gasteiger charge is -1.99. The minimum Gasteiger partial charge on any atom is -0.360 e. The minimum atomic E-state index is 0.329. The Kier molecular flexibility index (Phi) is 3.32. The first kappa shape index (κ1) is 12.6. The second-order valence-electron chi connectivity index (χ2n) is 4.29. The van der Waals surface area contributed by atoms with E-state index in [4.69, 9.17) is 9.78 Å². The molecule has 0 aliphatic heterocycles. The zero-order valence-electron chi connectivity index (χ0n) is 10.8. The van der Waals surface area contributed by atoms with E-state index in [0.717, 1.165) is 33.3 Å². The van der Waals surface area contributed by atoms with Crippen LogP contribution in [0.2, 0.25) is 0 Å². The highest BCUT2D eigenvalue weighted by atomic mass is 32.1. The summed E-state index contributed by atoms with van der Waals surface area (Å²) in [6.45, 7) is 1.87. The van der Waals surface area contributed by atoms with E-state index in [1.807, 2.05) is 42.6 Å². The summed E-state index contributed by atoms with van der Waals surface area (Å²) in [6, 6.07) is 12.0. The smallest absolute Gasteiger partial charge is 0.143 e. The maximum absolute atomic E-state index is 8.73. The number of hydrogen-bond acceptors (Lipinski definition) is 5. The van der Waals surface area contributed by atoms with Gasteiger partial charge in [0, 0.05) is 10.9 Å². The molecular weight excluding hydrogens is 270 g/mol. The Balaban J connectivity index is 2.09. The minimum absolute atomic E-state index is 0.329. The van der Waals surface area contributed by atoms with Gasteiger partial charge in [0.05, 0.1) is 23.7 Å². The number of hydrogen-bond donors (Lipinski definition) is 0. The molecule has 2 aromatic heterocycles. The quantitative estimate of drug-likeness (QED) is 0.731. The largest absolute Gasteiger partial charge is 0.360 e. The first-order valence-electron chi connectivity index (χ1n) is 6.13. The summed E-state index contributed by atoms with van der Waals surface area (Å²) >= 11 is 1.48. The third-order valence-corrected chi connectivity index (χ3v) is 3.80. The summed E-state index contributed by atoms with van der Waals surface area (Å²) in [6.07, 6.45) is 0.329. The number of aromatic nitrogens is 2. The highest BCUT2D eigenvalue weighted by Gasteiger charge is 2.18. The molecule has 0 aliphatic carbocycles. The van der Waals surface area contributed by atoms with Gasteiger partial charge in [0.2, 0.25) is 0 Å². The number of nitriles is 1. The van der Waals surface area contributed by atoms with Crippen molar-refractivity contribution in [1.29, 1.82) is 5.26 Å². The Hall–Kier alpha value is -2.45. The lowest BCUT2D eigenvalue weighted by Crippen LogP contribution is -1.85. The molecule has 1 aromatic carbocycles. The van der Waals surface area contributed by atoms with E-state index in [1.165, 1.54) is 11.3 Å². The van der Waals surface area contributed by atoms with Crippen LogP contribution in [0.15, 0.2) is 40.2 Å². The molecule has 3 aromatic rings. The summed E-state index contributed by atoms with van der Waals surface area (Å²) in [5.74, 6) is 0.734. The van der Waals surface area contributed by atoms with Crippen LogP contribution in [-0.2, 0) is 6.42 Å². The van der Waals surface area contributed by atoms with Crippen molar-refractivity contribution in [2.45, 2.75) is 13.3 Å². The normalized spacial score (nSPS) is 10.4. The van der Waals surface area contributed by atoms with Gasteiger partial charge in [-0.3, -0.25) is 0 Å². The van der Waals surface area contributed by atoms with E-state index in [-0.39, 0.29) is 0 Å². The van der Waals surface area contributed by atoms with Crippen molar-refractivity contribution in [2.24, 2.45) is 0 Å². The van der Waals surface area contributed by atoms with Crippen molar-refractivity contribution in [3.8, 4) is 28.6 Å². The Morgan fingerprint density at radius 2 is 2.10 bits per heavy atom. The van der Waals surface area contributed by atoms with Crippen molar-refractivity contribution < 1.29 is 4.52 Å². The zero-order valence-corrected chi connectivity index (χ0v) is 11.6. The fourth-order valence-corrected chi connectivity index (χ4v) is 2.76. The molecule has 0 amide bonds. The molecule has 0 radical (unpaired) electrons. The highest BCUT2D eigenvalue weighted by molar-refractivity contribution is 7.10. The number of thiazole rings is 1. The van der Waals surface area contributed by atoms with Crippen LogP contribution in [0, 0.1) is 18.3 Å². The molecule has 0 spiro atoms. The number of nitrogens with zero attached hydrogens (tertiary/aromatic N) is 3. The van der Waals surface area contributed by atoms with Crippen LogP contribution < -0.4 is 0 Å². The van der Waals surface area contributed by atoms with Gasteiger partial charge in [0.25, 0.3) is 0 Å². The van der Waals surface area contributed by atoms with Crippen LogP contribution >= 0.6 is 11.3 Å². The molecule has 0 fully saturated rings. The molecule has 4 nitrogen and oxygen atoms in total. The summed E-state index contributed by atoms with van der Waals surface area (Å²) in [7, 11) is 0. The zero-order chi connectivity index (χ0) is 13.9. The van der Waals surface area contributed by atoms with Gasteiger partial charge in [0.1, 0.15) is 16.5 Å². The third kappa shape index (κ3) is 2.22. The Morgan fingerprint density at radius 1 is 1.30 bits per heavy atom. The van der Waals surface area contributed by atoms with Gasteiger partial charge in [-0.1, -0.05) is 35.5 Å². The first-order valence-corrected chi connectivity index (χ1v) is 7.01. The SMILES string of the molecule is Cc1onc(-c2ccccc2)c1-c1csc(CC#N)n1. The van der Waals surface area contributed by atoms with Crippen LogP contribution in [0.25, 0.3) is 22.5 Å². The van der Waals surface area contributed by atoms with Gasteiger partial charge in [-0.15, -0.1) is 11.3 Å². The molecule has 0 saturated heterocycles. The Labute approximate surface area is 120 Å². The number of rotatable bonds is 3. The van der Waals surface area contributed by atoms with Gasteiger partial charge in [-0.2, -0.15) is 5.26 Å². The molecule has 20 heavy (non-hydrogen) atoms. The molecule has 0 atom stereocenters. The molecule has 3 rings (SSSR count). The van der Waals surface area contributed by atoms with Crippen molar-refractivity contribution in [1.82, 2.24) is 10.1 Å². The van der Waals surface area contributed by atoms with E-state index in [2.05, 4.69) is 16.2 Å². The number of benzene rings is 1. The van der Waals surface area contributed by atoms with Gasteiger partial charge in [-0.05, 0) is 6.92 Å². The molecular formula is C15H11N3OS. The van der Waals surface area contributed by atoms with Crippen molar-refractivity contribution in [2.75, 3.05) is 0 Å².